The molecule has 0 fully saturated rings. The van der Waals surface area contributed by atoms with E-state index < -0.39 is 0 Å². The van der Waals surface area contributed by atoms with E-state index in [4.69, 9.17) is 109 Å². The van der Waals surface area contributed by atoms with E-state index in [0.717, 1.165) is 39.1 Å². The van der Waals surface area contributed by atoms with Gasteiger partial charge in [-0.15, -0.1) is 0 Å². The van der Waals surface area contributed by atoms with E-state index in [9.17, 15) is 0 Å². The highest BCUT2D eigenvalue weighted by atomic mass is 16.6. The molecule has 0 aliphatic heterocycles. The molecule has 0 saturated carbocycles. The van der Waals surface area contributed by atoms with Gasteiger partial charge in [0.2, 0.25) is 0 Å². The lowest BCUT2D eigenvalue weighted by Gasteiger charge is -2.15. The topological polar surface area (TPSA) is 223 Å². The van der Waals surface area contributed by atoms with E-state index in [1.165, 1.54) is 0 Å². The zero-order chi connectivity index (χ0) is 68.0. The second kappa shape index (κ2) is 66.9. The van der Waals surface area contributed by atoms with Crippen LogP contribution >= 0.6 is 0 Å². The maximum atomic E-state index is 8.62. The van der Waals surface area contributed by atoms with E-state index >= 15 is 0 Å². The lowest BCUT2D eigenvalue weighted by molar-refractivity contribution is -0.0317. The van der Waals surface area contributed by atoms with Gasteiger partial charge in [0.1, 0.15) is 12.4 Å². The molecule has 0 aromatic heterocycles. The van der Waals surface area contributed by atoms with Crippen LogP contribution in [0.3, 0.4) is 0 Å². The minimum atomic E-state index is 0.0169. The highest BCUT2D eigenvalue weighted by Gasteiger charge is 2.11. The first-order valence-corrected chi connectivity index (χ1v) is 34.1. The molecule has 4 aromatic rings. The van der Waals surface area contributed by atoms with E-state index in [1.54, 1.807) is 0 Å². The standard InChI is InChI=1S/C74H112O23/c75-24-25-76-26-27-77-28-29-78-30-31-79-32-33-80-34-35-81-36-37-82-38-39-83-40-41-84-42-43-85-44-45-86-46-47-87-48-49-88-50-51-89-52-53-90-54-55-91-56-57-92-58-59-93-60-61-94-62-63-95-64-65-96-66-67-97-74-23-20-71(19-16-68-10-4-1-5-11-68)72(21-17-69-12-6-2-7-13-69)73(74)22-18-70-14-8-3-9-15-70/h1-23,75H,24-67H2. The number of aliphatic hydroxyl groups excluding tert-OH is 1. The van der Waals surface area contributed by atoms with Gasteiger partial charge in [-0.25, -0.2) is 0 Å². The highest BCUT2D eigenvalue weighted by Crippen LogP contribution is 2.31. The predicted molar refractivity (Wildman–Crippen MR) is 372 cm³/mol. The molecule has 0 aliphatic carbocycles. The van der Waals surface area contributed by atoms with Crippen molar-refractivity contribution >= 4 is 36.5 Å². The summed E-state index contributed by atoms with van der Waals surface area (Å²) in [5, 5.41) is 8.62. The third kappa shape index (κ3) is 51.8. The first kappa shape index (κ1) is 84.4. The average molecular weight is 1370 g/mol. The number of ether oxygens (including phenoxy) is 22. The Morgan fingerprint density at radius 3 is 0.608 bits per heavy atom. The van der Waals surface area contributed by atoms with Crippen molar-refractivity contribution in [2.24, 2.45) is 0 Å². The van der Waals surface area contributed by atoms with Gasteiger partial charge in [-0.05, 0) is 33.9 Å². The molecular formula is C74H112O23. The second-order valence-electron chi connectivity index (χ2n) is 20.6. The summed E-state index contributed by atoms with van der Waals surface area (Å²) in [6, 6.07) is 35.0. The zero-order valence-electron chi connectivity index (χ0n) is 57.3. The van der Waals surface area contributed by atoms with Gasteiger partial charge in [0.05, 0.1) is 284 Å². The highest BCUT2D eigenvalue weighted by molar-refractivity contribution is 5.87. The maximum Gasteiger partial charge on any atom is 0.127 e. The summed E-state index contributed by atoms with van der Waals surface area (Å²) >= 11 is 0. The molecule has 546 valence electrons. The van der Waals surface area contributed by atoms with Crippen molar-refractivity contribution in [1.82, 2.24) is 0 Å². The SMILES string of the molecule is OCCOCCOCCOCCOCCOCCOCCOCCOCCOCCOCCOCCOCCOCCOCCOCCOCCOCCOCCOCCOCCOCCOc1ccc(C=Cc2ccccc2)c(C=Cc2ccccc2)c1C=Cc1ccccc1. The van der Waals surface area contributed by atoms with Crippen LogP contribution in [0.1, 0.15) is 33.4 Å². The van der Waals surface area contributed by atoms with Crippen LogP contribution in [-0.4, -0.2) is 296 Å². The van der Waals surface area contributed by atoms with Crippen LogP contribution in [0.5, 0.6) is 5.75 Å². The third-order valence-electron chi connectivity index (χ3n) is 13.2. The van der Waals surface area contributed by atoms with Gasteiger partial charge in [-0.3, -0.25) is 0 Å². The average Bonchev–Trinajstić information content (AvgIpc) is 0.846. The maximum absolute atomic E-state index is 8.62. The van der Waals surface area contributed by atoms with Gasteiger partial charge < -0.3 is 109 Å². The molecule has 23 heteroatoms. The Balaban J connectivity index is 0.791. The molecule has 0 heterocycles. The number of rotatable bonds is 72. The van der Waals surface area contributed by atoms with E-state index in [2.05, 4.69) is 78.9 Å². The predicted octanol–water partition coefficient (Wildman–Crippen LogP) is 7.92. The van der Waals surface area contributed by atoms with Crippen molar-refractivity contribution in [2.75, 3.05) is 291 Å². The molecule has 0 amide bonds. The van der Waals surface area contributed by atoms with Crippen molar-refractivity contribution in [1.29, 1.82) is 0 Å². The molecule has 0 saturated heterocycles. The van der Waals surface area contributed by atoms with Crippen molar-refractivity contribution in [3.8, 4) is 5.75 Å². The molecule has 97 heavy (non-hydrogen) atoms. The molecule has 23 nitrogen and oxygen atoms in total. The quantitative estimate of drug-likeness (QED) is 0.0327. The number of hydrogen-bond donors (Lipinski definition) is 1. The van der Waals surface area contributed by atoms with Crippen LogP contribution in [0.15, 0.2) is 103 Å². The van der Waals surface area contributed by atoms with Crippen molar-refractivity contribution in [3.05, 3.63) is 137 Å². The Morgan fingerprint density at radius 2 is 0.381 bits per heavy atom. The van der Waals surface area contributed by atoms with Crippen LogP contribution in [0.25, 0.3) is 36.5 Å². The fourth-order valence-corrected chi connectivity index (χ4v) is 8.28. The molecule has 1 N–H and O–H groups in total. The Bertz CT molecular complexity index is 2390. The van der Waals surface area contributed by atoms with Crippen LogP contribution in [-0.2, 0) is 99.5 Å². The summed E-state index contributed by atoms with van der Waals surface area (Å²) < 4.78 is 123. The molecule has 0 radical (unpaired) electrons. The van der Waals surface area contributed by atoms with E-state index in [0.29, 0.717) is 284 Å². The van der Waals surface area contributed by atoms with Gasteiger partial charge in [0.15, 0.2) is 0 Å². The summed E-state index contributed by atoms with van der Waals surface area (Å²) in [6.07, 6.45) is 12.8. The first-order chi connectivity index (χ1) is 48.3. The summed E-state index contributed by atoms with van der Waals surface area (Å²) in [4.78, 5) is 0. The van der Waals surface area contributed by atoms with Crippen LogP contribution in [0.4, 0.5) is 0 Å². The number of aliphatic hydroxyl groups is 1. The zero-order valence-corrected chi connectivity index (χ0v) is 57.3. The fourth-order valence-electron chi connectivity index (χ4n) is 8.28. The fraction of sp³-hybridized carbons (Fsp3) is 0.595. The summed E-state index contributed by atoms with van der Waals surface area (Å²) in [5.74, 6) is 0.777. The Morgan fingerprint density at radius 1 is 0.186 bits per heavy atom. The number of hydrogen-bond acceptors (Lipinski definition) is 23. The Hall–Kier alpha value is -4.98. The minimum absolute atomic E-state index is 0.0169. The molecule has 0 spiro atoms. The van der Waals surface area contributed by atoms with Gasteiger partial charge in [-0.2, -0.15) is 0 Å². The van der Waals surface area contributed by atoms with Crippen molar-refractivity contribution in [2.45, 2.75) is 0 Å². The van der Waals surface area contributed by atoms with Gasteiger partial charge in [-0.1, -0.05) is 134 Å². The Labute approximate surface area is 576 Å². The van der Waals surface area contributed by atoms with E-state index in [1.807, 2.05) is 60.7 Å². The minimum Gasteiger partial charge on any atom is -0.491 e. The van der Waals surface area contributed by atoms with Gasteiger partial charge in [0, 0.05) is 5.56 Å². The summed E-state index contributed by atoms with van der Waals surface area (Å²) in [6.45, 7) is 20.4. The lowest BCUT2D eigenvalue weighted by Crippen LogP contribution is -2.16. The smallest absolute Gasteiger partial charge is 0.127 e. The lowest BCUT2D eigenvalue weighted by atomic mass is 9.96. The number of benzene rings is 4. The first-order valence-electron chi connectivity index (χ1n) is 34.1. The normalized spacial score (nSPS) is 11.8. The van der Waals surface area contributed by atoms with Crippen LogP contribution in [0, 0.1) is 0 Å². The van der Waals surface area contributed by atoms with Crippen LogP contribution in [0.2, 0.25) is 0 Å². The molecular weight excluding hydrogens is 1260 g/mol. The second-order valence-corrected chi connectivity index (χ2v) is 20.6. The third-order valence-corrected chi connectivity index (χ3v) is 13.2. The summed E-state index contributed by atoms with van der Waals surface area (Å²) in [7, 11) is 0. The van der Waals surface area contributed by atoms with E-state index in [-0.39, 0.29) is 6.61 Å². The summed E-state index contributed by atoms with van der Waals surface area (Å²) in [5.41, 5.74) is 6.47. The molecule has 0 atom stereocenters. The van der Waals surface area contributed by atoms with Crippen LogP contribution < -0.4 is 4.74 Å². The monoisotopic (exact) mass is 1370 g/mol. The molecule has 0 unspecified atom stereocenters. The van der Waals surface area contributed by atoms with Gasteiger partial charge >= 0.3 is 0 Å². The molecule has 4 rings (SSSR count). The largest absolute Gasteiger partial charge is 0.491 e. The molecule has 4 aromatic carbocycles. The Kier molecular flexibility index (Phi) is 58.2. The van der Waals surface area contributed by atoms with Crippen molar-refractivity contribution in [3.63, 3.8) is 0 Å². The molecule has 0 aliphatic rings. The van der Waals surface area contributed by atoms with Gasteiger partial charge in [0.25, 0.3) is 0 Å². The van der Waals surface area contributed by atoms with Crippen molar-refractivity contribution < 1.29 is 109 Å². The molecule has 0 bridgehead atoms.